The molecule has 0 aliphatic carbocycles. The largest absolute Gasteiger partial charge is 1.00 e. The Morgan fingerprint density at radius 2 is 1.33 bits per heavy atom. The van der Waals surface area contributed by atoms with Gasteiger partial charge in [-0.3, -0.25) is 0 Å². The Morgan fingerprint density at radius 3 is 1.83 bits per heavy atom. The lowest BCUT2D eigenvalue weighted by atomic mass is 10.2. The Kier molecular flexibility index (Phi) is 6.10. The molecule has 0 radical (unpaired) electrons. The molecular formula is C15H17ClOS. The van der Waals surface area contributed by atoms with Crippen molar-refractivity contribution in [3.05, 3.63) is 66.2 Å². The summed E-state index contributed by atoms with van der Waals surface area (Å²) in [5, 5.41) is 0. The van der Waals surface area contributed by atoms with Crippen LogP contribution in [0.5, 0.6) is 5.75 Å². The molecule has 0 N–H and O–H groups in total. The van der Waals surface area contributed by atoms with E-state index in [1.54, 1.807) is 0 Å². The average Bonchev–Trinajstić information content (AvgIpc) is 2.38. The molecule has 0 fully saturated rings. The molecule has 0 aliphatic rings. The molecular weight excluding hydrogens is 264 g/mol. The molecule has 1 atom stereocenters. The van der Waals surface area contributed by atoms with Crippen molar-refractivity contribution in [2.45, 2.75) is 5.44 Å². The summed E-state index contributed by atoms with van der Waals surface area (Å²) >= 11 is 0. The van der Waals surface area contributed by atoms with Gasteiger partial charge in [-0.2, -0.15) is 0 Å². The van der Waals surface area contributed by atoms with Gasteiger partial charge in [0.1, 0.15) is 18.3 Å². The fourth-order valence-corrected chi connectivity index (χ4v) is 2.67. The number of ether oxygens (including phenoxy) is 1. The molecule has 0 heterocycles. The van der Waals surface area contributed by atoms with Crippen LogP contribution in [-0.4, -0.2) is 12.5 Å². The molecule has 0 aliphatic heterocycles. The highest BCUT2D eigenvalue weighted by molar-refractivity contribution is 7.95. The van der Waals surface area contributed by atoms with Crippen LogP contribution in [0.1, 0.15) is 11.0 Å². The molecule has 1 nitrogen and oxygen atoms in total. The Balaban J connectivity index is 0.00000162. The maximum absolute atomic E-state index is 6.07. The molecule has 1 unspecified atom stereocenters. The summed E-state index contributed by atoms with van der Waals surface area (Å²) in [4.78, 5) is 0. The van der Waals surface area contributed by atoms with Gasteiger partial charge in [0, 0.05) is 16.5 Å². The fraction of sp³-hybridized carbons (Fsp3) is 0.200. The predicted octanol–water partition coefficient (Wildman–Crippen LogP) is 0.646. The van der Waals surface area contributed by atoms with Crippen molar-refractivity contribution in [1.29, 1.82) is 0 Å². The van der Waals surface area contributed by atoms with Gasteiger partial charge in [0.15, 0.2) is 0 Å². The summed E-state index contributed by atoms with van der Waals surface area (Å²) in [6.45, 7) is 0. The van der Waals surface area contributed by atoms with E-state index < -0.39 is 0 Å². The van der Waals surface area contributed by atoms with Crippen LogP contribution in [0.4, 0.5) is 0 Å². The Labute approximate surface area is 118 Å². The number of halogens is 1. The zero-order valence-corrected chi connectivity index (χ0v) is 12.1. The first-order valence-electron chi connectivity index (χ1n) is 5.60. The Bertz CT molecular complexity index is 445. The minimum atomic E-state index is 0. The zero-order valence-electron chi connectivity index (χ0n) is 10.5. The fourth-order valence-electron chi connectivity index (χ4n) is 1.67. The van der Waals surface area contributed by atoms with E-state index in [-0.39, 0.29) is 28.7 Å². The maximum atomic E-state index is 6.07. The molecule has 2 rings (SSSR count). The summed E-state index contributed by atoms with van der Waals surface area (Å²) in [7, 11) is 0.173. The summed E-state index contributed by atoms with van der Waals surface area (Å²) < 4.78 is 6.07. The summed E-state index contributed by atoms with van der Waals surface area (Å²) in [5.74, 6) is 0.933. The lowest BCUT2D eigenvalue weighted by Crippen LogP contribution is -3.00. The van der Waals surface area contributed by atoms with E-state index >= 15 is 0 Å². The molecule has 2 aromatic carbocycles. The van der Waals surface area contributed by atoms with Crippen LogP contribution in [0.15, 0.2) is 60.7 Å². The first-order chi connectivity index (χ1) is 8.27. The third-order valence-electron chi connectivity index (χ3n) is 2.49. The molecule has 0 saturated carbocycles. The summed E-state index contributed by atoms with van der Waals surface area (Å²) in [6, 6.07) is 20.4. The second-order valence-electron chi connectivity index (χ2n) is 4.05. The predicted molar refractivity (Wildman–Crippen MR) is 75.5 cm³/mol. The third kappa shape index (κ3) is 3.97. The molecule has 96 valence electrons. The number of hydrogen-bond donors (Lipinski definition) is 0. The van der Waals surface area contributed by atoms with Gasteiger partial charge in [-0.05, 0) is 12.1 Å². The van der Waals surface area contributed by atoms with Gasteiger partial charge in [-0.1, -0.05) is 48.5 Å². The van der Waals surface area contributed by atoms with E-state index in [1.807, 2.05) is 36.4 Å². The van der Waals surface area contributed by atoms with Gasteiger partial charge in [0.2, 0.25) is 0 Å². The van der Waals surface area contributed by atoms with E-state index in [0.29, 0.717) is 0 Å². The van der Waals surface area contributed by atoms with Crippen molar-refractivity contribution in [1.82, 2.24) is 0 Å². The highest BCUT2D eigenvalue weighted by atomic mass is 35.5. The van der Waals surface area contributed by atoms with Crippen LogP contribution in [0.2, 0.25) is 0 Å². The van der Waals surface area contributed by atoms with Crippen molar-refractivity contribution in [3.63, 3.8) is 0 Å². The van der Waals surface area contributed by atoms with Gasteiger partial charge >= 0.3 is 0 Å². The highest BCUT2D eigenvalue weighted by Crippen LogP contribution is 2.26. The number of hydrogen-bond acceptors (Lipinski definition) is 1. The van der Waals surface area contributed by atoms with E-state index in [0.717, 1.165) is 5.75 Å². The number of rotatable bonds is 4. The van der Waals surface area contributed by atoms with Crippen LogP contribution in [0.25, 0.3) is 0 Å². The highest BCUT2D eigenvalue weighted by Gasteiger charge is 2.25. The number of para-hydroxylation sites is 1. The molecule has 0 spiro atoms. The lowest BCUT2D eigenvalue weighted by molar-refractivity contribution is -0.00000391. The second-order valence-corrected chi connectivity index (χ2v) is 6.24. The van der Waals surface area contributed by atoms with Crippen LogP contribution in [-0.2, 0) is 10.9 Å². The molecule has 0 aromatic heterocycles. The molecule has 2 aromatic rings. The third-order valence-corrected chi connectivity index (χ3v) is 3.71. The average molecular weight is 281 g/mol. The standard InChI is InChI=1S/C15H17OS.ClH/c1-17(2)15(13-9-5-3-6-10-13)16-14-11-7-4-8-12-14;/h3-12,15H,1-2H3;1H/q+1;/p-1. The quantitative estimate of drug-likeness (QED) is 0.747. The van der Waals surface area contributed by atoms with Crippen LogP contribution < -0.4 is 17.1 Å². The second kappa shape index (κ2) is 7.34. The Morgan fingerprint density at radius 1 is 0.833 bits per heavy atom. The van der Waals surface area contributed by atoms with Gasteiger partial charge in [-0.25, -0.2) is 0 Å². The van der Waals surface area contributed by atoms with Crippen molar-refractivity contribution in [3.8, 4) is 5.75 Å². The van der Waals surface area contributed by atoms with Crippen LogP contribution >= 0.6 is 0 Å². The van der Waals surface area contributed by atoms with Crippen LogP contribution in [0.3, 0.4) is 0 Å². The SMILES string of the molecule is C[S+](C)C(Oc1ccccc1)c1ccccc1.[Cl-]. The molecule has 0 bridgehead atoms. The van der Waals surface area contributed by atoms with E-state index in [1.165, 1.54) is 5.56 Å². The van der Waals surface area contributed by atoms with E-state index in [4.69, 9.17) is 4.74 Å². The maximum Gasteiger partial charge on any atom is 0.282 e. The first kappa shape index (κ1) is 14.9. The van der Waals surface area contributed by atoms with Crippen molar-refractivity contribution in [2.75, 3.05) is 12.5 Å². The minimum Gasteiger partial charge on any atom is -1.00 e. The monoisotopic (exact) mass is 280 g/mol. The van der Waals surface area contributed by atoms with Gasteiger partial charge in [0.25, 0.3) is 5.44 Å². The minimum absolute atomic E-state index is 0. The molecule has 0 saturated heterocycles. The van der Waals surface area contributed by atoms with E-state index in [9.17, 15) is 0 Å². The smallest absolute Gasteiger partial charge is 0.282 e. The first-order valence-corrected chi connectivity index (χ1v) is 7.71. The van der Waals surface area contributed by atoms with Gasteiger partial charge < -0.3 is 17.1 Å². The molecule has 3 heteroatoms. The summed E-state index contributed by atoms with van der Waals surface area (Å²) in [6.07, 6.45) is 4.42. The zero-order chi connectivity index (χ0) is 12.1. The topological polar surface area (TPSA) is 9.23 Å². The lowest BCUT2D eigenvalue weighted by Gasteiger charge is -2.16. The summed E-state index contributed by atoms with van der Waals surface area (Å²) in [5.41, 5.74) is 1.38. The van der Waals surface area contributed by atoms with Crippen molar-refractivity contribution >= 4 is 10.9 Å². The number of benzene rings is 2. The van der Waals surface area contributed by atoms with E-state index in [2.05, 4.69) is 36.8 Å². The van der Waals surface area contributed by atoms with Gasteiger partial charge in [-0.15, -0.1) is 0 Å². The molecule has 0 amide bonds. The normalized spacial score (nSPS) is 11.7. The Hall–Kier alpha value is -1.12. The van der Waals surface area contributed by atoms with Gasteiger partial charge in [0.05, 0.1) is 0 Å². The van der Waals surface area contributed by atoms with Crippen LogP contribution in [0, 0.1) is 0 Å². The molecule has 18 heavy (non-hydrogen) atoms. The van der Waals surface area contributed by atoms with Crippen molar-refractivity contribution < 1.29 is 17.1 Å². The van der Waals surface area contributed by atoms with Crippen molar-refractivity contribution in [2.24, 2.45) is 0 Å².